The Kier molecular flexibility index (Phi) is 4.26. The molecule has 0 N–H and O–H groups in total. The maximum atomic E-state index is 12.5. The minimum absolute atomic E-state index is 0.0174. The van der Waals surface area contributed by atoms with Gasteiger partial charge >= 0.3 is 0 Å². The van der Waals surface area contributed by atoms with E-state index >= 15 is 0 Å². The molecule has 26 heavy (non-hydrogen) atoms. The van der Waals surface area contributed by atoms with Crippen LogP contribution in [0.25, 0.3) is 0 Å². The van der Waals surface area contributed by atoms with Crippen molar-refractivity contribution in [3.05, 3.63) is 28.2 Å². The lowest BCUT2D eigenvalue weighted by molar-refractivity contribution is -0.128. The van der Waals surface area contributed by atoms with Crippen molar-refractivity contribution in [3.8, 4) is 0 Å². The molecule has 0 saturated carbocycles. The van der Waals surface area contributed by atoms with Gasteiger partial charge in [0.15, 0.2) is 0 Å². The molecule has 4 rings (SSSR count). The number of aryl methyl sites for hydroxylation is 2. The molecule has 2 saturated heterocycles. The number of amides is 2. The van der Waals surface area contributed by atoms with Crippen molar-refractivity contribution in [1.29, 1.82) is 0 Å². The fraction of sp³-hybridized carbons (Fsp3) is 0.588. The largest absolute Gasteiger partial charge is 0.336 e. The molecule has 0 aliphatic carbocycles. The smallest absolute Gasteiger partial charge is 0.293 e. The zero-order valence-electron chi connectivity index (χ0n) is 15.0. The Morgan fingerprint density at radius 1 is 1.35 bits per heavy atom. The first-order valence-corrected chi connectivity index (χ1v) is 9.66. The van der Waals surface area contributed by atoms with Crippen molar-refractivity contribution in [1.82, 2.24) is 29.5 Å². The fourth-order valence-corrected chi connectivity index (χ4v) is 4.50. The molecular weight excluding hydrogens is 352 g/mol. The van der Waals surface area contributed by atoms with E-state index in [4.69, 9.17) is 0 Å². The van der Waals surface area contributed by atoms with Crippen LogP contribution in [0.15, 0.2) is 11.7 Å². The summed E-state index contributed by atoms with van der Waals surface area (Å²) in [6, 6.07) is 0. The van der Waals surface area contributed by atoms with Crippen molar-refractivity contribution in [2.45, 2.75) is 32.7 Å². The SMILES string of the molecule is Cc1nc(CN2CC3(CCN(C(=O)c4ncn(C)n4)CC3)CC2=O)cs1. The van der Waals surface area contributed by atoms with E-state index < -0.39 is 0 Å². The van der Waals surface area contributed by atoms with Crippen molar-refractivity contribution in [3.63, 3.8) is 0 Å². The molecule has 2 fully saturated rings. The van der Waals surface area contributed by atoms with E-state index in [0.29, 0.717) is 26.1 Å². The van der Waals surface area contributed by atoms with Crippen LogP contribution in [0, 0.1) is 12.3 Å². The van der Waals surface area contributed by atoms with Gasteiger partial charge < -0.3 is 9.80 Å². The van der Waals surface area contributed by atoms with E-state index in [2.05, 4.69) is 15.1 Å². The number of carbonyl (C=O) groups excluding carboxylic acids is 2. The van der Waals surface area contributed by atoms with Gasteiger partial charge in [0.05, 0.1) is 17.2 Å². The molecule has 0 aromatic carbocycles. The molecule has 4 heterocycles. The number of hydrogen-bond donors (Lipinski definition) is 0. The van der Waals surface area contributed by atoms with Gasteiger partial charge in [-0.25, -0.2) is 9.97 Å². The molecule has 2 amide bonds. The van der Waals surface area contributed by atoms with Crippen molar-refractivity contribution in [2.24, 2.45) is 12.5 Å². The predicted octanol–water partition coefficient (Wildman–Crippen LogP) is 1.23. The third-order valence-electron chi connectivity index (χ3n) is 5.33. The first-order chi connectivity index (χ1) is 12.4. The first-order valence-electron chi connectivity index (χ1n) is 8.78. The predicted molar refractivity (Wildman–Crippen MR) is 95.5 cm³/mol. The first kappa shape index (κ1) is 17.1. The molecule has 2 aromatic rings. The highest BCUT2D eigenvalue weighted by atomic mass is 32.1. The summed E-state index contributed by atoms with van der Waals surface area (Å²) in [5.41, 5.74) is 0.947. The van der Waals surface area contributed by atoms with Gasteiger partial charge in [0, 0.05) is 43.9 Å². The molecule has 2 aliphatic heterocycles. The van der Waals surface area contributed by atoms with Crippen molar-refractivity contribution < 1.29 is 9.59 Å². The Bertz CT molecular complexity index is 836. The fourth-order valence-electron chi connectivity index (χ4n) is 3.90. The molecule has 0 atom stereocenters. The summed E-state index contributed by atoms with van der Waals surface area (Å²) < 4.78 is 1.53. The number of thiazole rings is 1. The zero-order valence-corrected chi connectivity index (χ0v) is 15.8. The van der Waals surface area contributed by atoms with E-state index in [1.807, 2.05) is 17.2 Å². The van der Waals surface area contributed by atoms with E-state index in [-0.39, 0.29) is 23.1 Å². The van der Waals surface area contributed by atoms with Crippen molar-refractivity contribution >= 4 is 23.2 Å². The van der Waals surface area contributed by atoms with Crippen LogP contribution in [0.2, 0.25) is 0 Å². The van der Waals surface area contributed by atoms with Gasteiger partial charge in [0.1, 0.15) is 6.33 Å². The van der Waals surface area contributed by atoms with Crippen LogP contribution in [-0.2, 0) is 18.4 Å². The molecule has 2 aliphatic rings. The van der Waals surface area contributed by atoms with Crippen LogP contribution in [0.4, 0.5) is 0 Å². The van der Waals surface area contributed by atoms with Gasteiger partial charge in [0.2, 0.25) is 11.7 Å². The Morgan fingerprint density at radius 3 is 2.73 bits per heavy atom. The highest BCUT2D eigenvalue weighted by Gasteiger charge is 2.45. The van der Waals surface area contributed by atoms with Gasteiger partial charge in [0.25, 0.3) is 5.91 Å². The van der Waals surface area contributed by atoms with Crippen LogP contribution in [0.1, 0.15) is 40.6 Å². The Balaban J connectivity index is 1.37. The second-order valence-electron chi connectivity index (χ2n) is 7.32. The monoisotopic (exact) mass is 374 g/mol. The Hall–Kier alpha value is -2.29. The van der Waals surface area contributed by atoms with Crippen LogP contribution in [-0.4, -0.2) is 61.0 Å². The number of aromatic nitrogens is 4. The van der Waals surface area contributed by atoms with Gasteiger partial charge in [-0.15, -0.1) is 16.4 Å². The van der Waals surface area contributed by atoms with Crippen molar-refractivity contribution in [2.75, 3.05) is 19.6 Å². The van der Waals surface area contributed by atoms with Crippen LogP contribution in [0.3, 0.4) is 0 Å². The lowest BCUT2D eigenvalue weighted by atomic mass is 9.77. The Labute approximate surface area is 155 Å². The summed E-state index contributed by atoms with van der Waals surface area (Å²) in [7, 11) is 1.75. The number of hydrogen-bond acceptors (Lipinski definition) is 6. The molecule has 0 bridgehead atoms. The maximum absolute atomic E-state index is 12.5. The topological polar surface area (TPSA) is 84.2 Å². The molecule has 0 unspecified atom stereocenters. The summed E-state index contributed by atoms with van der Waals surface area (Å²) in [6.45, 7) is 4.62. The molecule has 0 radical (unpaired) electrons. The maximum Gasteiger partial charge on any atom is 0.293 e. The quantitative estimate of drug-likeness (QED) is 0.807. The number of likely N-dealkylation sites (tertiary alicyclic amines) is 2. The normalized spacial score (nSPS) is 19.5. The second kappa shape index (κ2) is 6.46. The number of carbonyl (C=O) groups is 2. The second-order valence-corrected chi connectivity index (χ2v) is 8.38. The molecular formula is C17H22N6O2S. The molecule has 1 spiro atoms. The van der Waals surface area contributed by atoms with Gasteiger partial charge in [-0.3, -0.25) is 14.3 Å². The van der Waals surface area contributed by atoms with Gasteiger partial charge in [-0.05, 0) is 19.8 Å². The minimum Gasteiger partial charge on any atom is -0.336 e. The molecule has 2 aromatic heterocycles. The highest BCUT2D eigenvalue weighted by Crippen LogP contribution is 2.41. The third kappa shape index (κ3) is 3.23. The summed E-state index contributed by atoms with van der Waals surface area (Å²) in [4.78, 5) is 37.2. The van der Waals surface area contributed by atoms with Crippen LogP contribution in [0.5, 0.6) is 0 Å². The number of nitrogens with zero attached hydrogens (tertiary/aromatic N) is 6. The van der Waals surface area contributed by atoms with Crippen LogP contribution < -0.4 is 0 Å². The van der Waals surface area contributed by atoms with E-state index in [1.165, 1.54) is 11.0 Å². The average Bonchev–Trinajstić information content (AvgIpc) is 3.29. The summed E-state index contributed by atoms with van der Waals surface area (Å²) >= 11 is 1.61. The lowest BCUT2D eigenvalue weighted by Gasteiger charge is -2.38. The number of piperidine rings is 1. The lowest BCUT2D eigenvalue weighted by Crippen LogP contribution is -2.44. The molecule has 9 heteroatoms. The van der Waals surface area contributed by atoms with E-state index in [9.17, 15) is 9.59 Å². The zero-order chi connectivity index (χ0) is 18.3. The summed E-state index contributed by atoms with van der Waals surface area (Å²) in [6.07, 6.45) is 3.78. The van der Waals surface area contributed by atoms with E-state index in [1.54, 1.807) is 23.3 Å². The standard InChI is InChI=1S/C17H22N6O2S/c1-12-19-13(9-26-12)8-23-10-17(7-14(23)24)3-5-22(6-4-17)16(25)15-18-11-21(2)20-15/h9,11H,3-8,10H2,1-2H3. The number of rotatable bonds is 3. The molecule has 138 valence electrons. The van der Waals surface area contributed by atoms with Gasteiger partial charge in [-0.2, -0.15) is 0 Å². The minimum atomic E-state index is -0.125. The third-order valence-corrected chi connectivity index (χ3v) is 6.15. The van der Waals surface area contributed by atoms with E-state index in [0.717, 1.165) is 30.1 Å². The van der Waals surface area contributed by atoms with Gasteiger partial charge in [-0.1, -0.05) is 0 Å². The highest BCUT2D eigenvalue weighted by molar-refractivity contribution is 7.09. The Morgan fingerprint density at radius 2 is 2.12 bits per heavy atom. The molecule has 8 nitrogen and oxygen atoms in total. The van der Waals surface area contributed by atoms with Crippen LogP contribution >= 0.6 is 11.3 Å². The average molecular weight is 374 g/mol. The summed E-state index contributed by atoms with van der Waals surface area (Å²) in [5.74, 6) is 0.313. The summed E-state index contributed by atoms with van der Waals surface area (Å²) in [5, 5.41) is 7.14.